The van der Waals surface area contributed by atoms with Crippen molar-refractivity contribution in [2.75, 3.05) is 14.2 Å². The SMILES string of the molecule is COc1ccc(COc2ccc(-c3c(C)nc(C)c(CC(=O)O)c3-c3ccc(OCc4ccc(OC)cc4)cc3)cc2)cc1. The maximum atomic E-state index is 11.9. The summed E-state index contributed by atoms with van der Waals surface area (Å²) in [5.41, 5.74) is 7.82. The van der Waals surface area contributed by atoms with Crippen LogP contribution in [0.4, 0.5) is 0 Å². The maximum Gasteiger partial charge on any atom is 0.307 e. The molecule has 4 aromatic carbocycles. The summed E-state index contributed by atoms with van der Waals surface area (Å²) in [7, 11) is 3.28. The van der Waals surface area contributed by atoms with Crippen LogP contribution in [0.15, 0.2) is 97.1 Å². The van der Waals surface area contributed by atoms with Crippen molar-refractivity contribution in [3.8, 4) is 45.3 Å². The van der Waals surface area contributed by atoms with Crippen molar-refractivity contribution in [2.45, 2.75) is 33.5 Å². The number of carboxylic acid groups (broad SMARTS) is 1. The molecule has 1 heterocycles. The van der Waals surface area contributed by atoms with E-state index in [1.54, 1.807) is 14.2 Å². The predicted octanol–water partition coefficient (Wildman–Crippen LogP) is 7.83. The van der Waals surface area contributed by atoms with Gasteiger partial charge in [0.1, 0.15) is 36.2 Å². The monoisotopic (exact) mass is 589 g/mol. The number of aryl methyl sites for hydroxylation is 2. The summed E-state index contributed by atoms with van der Waals surface area (Å²) in [6, 6.07) is 31.1. The number of carbonyl (C=O) groups is 1. The molecule has 0 radical (unpaired) electrons. The third-order valence-electron chi connectivity index (χ3n) is 7.43. The minimum Gasteiger partial charge on any atom is -0.497 e. The summed E-state index contributed by atoms with van der Waals surface area (Å²) in [4.78, 5) is 16.7. The average Bonchev–Trinajstić information content (AvgIpc) is 3.05. The number of nitrogens with zero attached hydrogens (tertiary/aromatic N) is 1. The molecule has 1 aromatic heterocycles. The lowest BCUT2D eigenvalue weighted by Gasteiger charge is -2.20. The van der Waals surface area contributed by atoms with Gasteiger partial charge in [-0.1, -0.05) is 48.5 Å². The van der Waals surface area contributed by atoms with Crippen LogP contribution in [-0.2, 0) is 24.4 Å². The second-order valence-corrected chi connectivity index (χ2v) is 10.4. The Morgan fingerprint density at radius 2 is 1.00 bits per heavy atom. The van der Waals surface area contributed by atoms with Crippen LogP contribution in [0, 0.1) is 13.8 Å². The number of aromatic nitrogens is 1. The van der Waals surface area contributed by atoms with Crippen LogP contribution in [0.2, 0.25) is 0 Å². The fourth-order valence-electron chi connectivity index (χ4n) is 5.14. The van der Waals surface area contributed by atoms with Crippen molar-refractivity contribution >= 4 is 5.97 Å². The van der Waals surface area contributed by atoms with Gasteiger partial charge in [0.15, 0.2) is 0 Å². The molecule has 7 nitrogen and oxygen atoms in total. The standard InChI is InChI=1S/C37H35NO6/c1-24-34(21-35(39)40)37(29-11-19-33(20-12-29)44-23-27-7-15-31(42-4)16-8-27)36(25(2)38-24)28-9-17-32(18-10-28)43-22-26-5-13-30(41-3)14-6-26/h5-20H,21-23H2,1-4H3,(H,39,40). The number of ether oxygens (including phenoxy) is 4. The van der Waals surface area contributed by atoms with E-state index in [-0.39, 0.29) is 6.42 Å². The molecule has 0 aliphatic rings. The van der Waals surface area contributed by atoms with Gasteiger partial charge in [0.25, 0.3) is 0 Å². The molecule has 224 valence electrons. The summed E-state index contributed by atoms with van der Waals surface area (Å²) < 4.78 is 22.5. The highest BCUT2D eigenvalue weighted by Crippen LogP contribution is 2.39. The number of rotatable bonds is 12. The van der Waals surface area contributed by atoms with Gasteiger partial charge in [-0.15, -0.1) is 0 Å². The van der Waals surface area contributed by atoms with Crippen molar-refractivity contribution in [1.29, 1.82) is 0 Å². The van der Waals surface area contributed by atoms with Crippen LogP contribution in [0.1, 0.15) is 28.1 Å². The minimum atomic E-state index is -0.910. The van der Waals surface area contributed by atoms with Gasteiger partial charge < -0.3 is 24.1 Å². The Morgan fingerprint density at radius 1 is 0.591 bits per heavy atom. The van der Waals surface area contributed by atoms with Crippen molar-refractivity contribution in [3.63, 3.8) is 0 Å². The molecule has 7 heteroatoms. The van der Waals surface area contributed by atoms with Gasteiger partial charge in [-0.3, -0.25) is 9.78 Å². The number of carboxylic acids is 1. The van der Waals surface area contributed by atoms with E-state index in [9.17, 15) is 9.90 Å². The van der Waals surface area contributed by atoms with E-state index < -0.39 is 5.97 Å². The van der Waals surface area contributed by atoms with Crippen molar-refractivity contribution in [2.24, 2.45) is 0 Å². The fraction of sp³-hybridized carbons (Fsp3) is 0.189. The Bertz CT molecular complexity index is 1710. The summed E-state index contributed by atoms with van der Waals surface area (Å²) in [5, 5.41) is 9.79. The van der Waals surface area contributed by atoms with Gasteiger partial charge in [-0.05, 0) is 95.8 Å². The normalized spacial score (nSPS) is 10.7. The second kappa shape index (κ2) is 13.8. The number of aliphatic carboxylic acids is 1. The van der Waals surface area contributed by atoms with Crippen molar-refractivity contribution < 1.29 is 28.8 Å². The van der Waals surface area contributed by atoms with Gasteiger partial charge in [-0.2, -0.15) is 0 Å². The van der Waals surface area contributed by atoms with Gasteiger partial charge in [0, 0.05) is 17.0 Å². The topological polar surface area (TPSA) is 87.1 Å². The molecule has 0 aliphatic heterocycles. The fourth-order valence-corrected chi connectivity index (χ4v) is 5.14. The highest BCUT2D eigenvalue weighted by molar-refractivity contribution is 5.90. The highest BCUT2D eigenvalue weighted by Gasteiger charge is 2.21. The summed E-state index contributed by atoms with van der Waals surface area (Å²) >= 11 is 0. The van der Waals surface area contributed by atoms with Gasteiger partial charge in [-0.25, -0.2) is 0 Å². The van der Waals surface area contributed by atoms with E-state index in [1.807, 2.05) is 111 Å². The van der Waals surface area contributed by atoms with Gasteiger partial charge >= 0.3 is 5.97 Å². The summed E-state index contributed by atoms with van der Waals surface area (Å²) in [6.45, 7) is 4.66. The molecule has 0 unspecified atom stereocenters. The van der Waals surface area contributed by atoms with E-state index in [2.05, 4.69) is 0 Å². The maximum absolute atomic E-state index is 11.9. The number of methoxy groups -OCH3 is 2. The first-order chi connectivity index (χ1) is 21.3. The molecule has 5 rings (SSSR count). The van der Waals surface area contributed by atoms with E-state index in [0.717, 1.165) is 56.3 Å². The number of hydrogen-bond acceptors (Lipinski definition) is 6. The molecule has 0 saturated carbocycles. The van der Waals surface area contributed by atoms with Crippen LogP contribution in [0.5, 0.6) is 23.0 Å². The van der Waals surface area contributed by atoms with Crippen LogP contribution in [0.3, 0.4) is 0 Å². The lowest BCUT2D eigenvalue weighted by Crippen LogP contribution is -2.08. The quantitative estimate of drug-likeness (QED) is 0.159. The van der Waals surface area contributed by atoms with Crippen LogP contribution in [0.25, 0.3) is 22.3 Å². The molecule has 44 heavy (non-hydrogen) atoms. The highest BCUT2D eigenvalue weighted by atomic mass is 16.5. The smallest absolute Gasteiger partial charge is 0.307 e. The molecule has 0 spiro atoms. The van der Waals surface area contributed by atoms with Crippen LogP contribution in [-0.4, -0.2) is 30.3 Å². The summed E-state index contributed by atoms with van der Waals surface area (Å²) in [5.74, 6) is 2.13. The molecule has 0 bridgehead atoms. The largest absolute Gasteiger partial charge is 0.497 e. The average molecular weight is 590 g/mol. The predicted molar refractivity (Wildman–Crippen MR) is 171 cm³/mol. The Labute approximate surface area is 257 Å². The molecule has 0 aliphatic carbocycles. The molecule has 0 fully saturated rings. The molecule has 5 aromatic rings. The van der Waals surface area contributed by atoms with Gasteiger partial charge in [0.05, 0.1) is 20.6 Å². The zero-order valence-corrected chi connectivity index (χ0v) is 25.3. The van der Waals surface area contributed by atoms with Crippen molar-refractivity contribution in [3.05, 3.63) is 125 Å². The molecule has 0 saturated heterocycles. The Hall–Kier alpha value is -5.30. The lowest BCUT2D eigenvalue weighted by molar-refractivity contribution is -0.136. The first-order valence-corrected chi connectivity index (χ1v) is 14.3. The van der Waals surface area contributed by atoms with E-state index >= 15 is 0 Å². The number of benzene rings is 4. The molecule has 1 N–H and O–H groups in total. The lowest BCUT2D eigenvalue weighted by atomic mass is 9.87. The minimum absolute atomic E-state index is 0.139. The van der Waals surface area contributed by atoms with Gasteiger partial charge in [0.2, 0.25) is 0 Å². The second-order valence-electron chi connectivity index (χ2n) is 10.4. The zero-order valence-electron chi connectivity index (χ0n) is 25.3. The first-order valence-electron chi connectivity index (χ1n) is 14.3. The van der Waals surface area contributed by atoms with Crippen molar-refractivity contribution in [1.82, 2.24) is 4.98 Å². The van der Waals surface area contributed by atoms with Crippen LogP contribution < -0.4 is 18.9 Å². The molecule has 0 atom stereocenters. The molecule has 0 amide bonds. The zero-order chi connectivity index (χ0) is 31.1. The van der Waals surface area contributed by atoms with E-state index in [1.165, 1.54) is 0 Å². The number of hydrogen-bond donors (Lipinski definition) is 1. The summed E-state index contributed by atoms with van der Waals surface area (Å²) in [6.07, 6.45) is -0.139. The first kappa shape index (κ1) is 30.2. The number of pyridine rings is 1. The molecular formula is C37H35NO6. The Kier molecular flexibility index (Phi) is 9.45. The Morgan fingerprint density at radius 3 is 1.41 bits per heavy atom. The third kappa shape index (κ3) is 7.18. The van der Waals surface area contributed by atoms with Crippen LogP contribution >= 0.6 is 0 Å². The van der Waals surface area contributed by atoms with E-state index in [4.69, 9.17) is 23.9 Å². The third-order valence-corrected chi connectivity index (χ3v) is 7.43. The van der Waals surface area contributed by atoms with E-state index in [0.29, 0.717) is 30.2 Å². The Balaban J connectivity index is 1.42. The molecular weight excluding hydrogens is 554 g/mol.